The summed E-state index contributed by atoms with van der Waals surface area (Å²) >= 11 is 8.47. The second-order valence-electron chi connectivity index (χ2n) is 32.6. The van der Waals surface area contributed by atoms with Gasteiger partial charge in [-0.1, -0.05) is 62.7 Å². The molecule has 15 amide bonds. The Balaban J connectivity index is 1.65. The largest absolute Gasteiger partial charge is 0.508 e. The summed E-state index contributed by atoms with van der Waals surface area (Å²) in [6.45, 7) is 2.18. The molecule has 49 nitrogen and oxygen atoms in total. The number of hydrogen-bond acceptors (Lipinski definition) is 28. The van der Waals surface area contributed by atoms with E-state index in [1.165, 1.54) is 29.2 Å². The number of aliphatic hydroxyl groups excluding tert-OH is 1. The standard InChI is InChI=1S/C84H132N24O25S2/c1-3-45(2)67(87)81(131)107-37-13-21-61(107)79(129)94-41-63(111)95-49(17-7-9-33-85)68(118)96-52(20-12-36-93-84(90)91)71(121)104-58(42-109)76(126)100-53(27-30-64(112)113)72(122)97-51(19-11-35-92-83(88)89)70(120)102-56(39-46-15-5-4-6-16-46)75(125)103-57(40-47-23-25-48(110)26-24-47)74(124)99-54(28-31-65(114)115)73(123)105-60(44-135)78(128)106-59(43-134)77(127)98-50(18-8-10-34-86)69(119)101-55(29-32-66(116)117)80(130)108-38-14-22-62(108)82(132)133/h4-6,15-16,23-26,45,49-62,67,109-110,134-135H,3,7-14,17-22,27-44,85-87H2,1-2H3,(H,94,129)(H,95,111)(H,96,118)(H,97,122)(H,98,127)(H,99,124)(H,100,126)(H,101,119)(H,102,120)(H,103,125)(H,104,121)(H,105,123)(H,106,128)(H,112,113)(H,114,115)(H,116,117)(H,132,133)(H4,88,89,92)(H4,90,91,93)/t45-,49-,50-,51-,52-,53-,54-,55-,56-,57-,58-,59-,60-,61-,62-,67-/m0/s1. The van der Waals surface area contributed by atoms with E-state index in [0.29, 0.717) is 37.7 Å². The van der Waals surface area contributed by atoms with Crippen molar-refractivity contribution < 1.29 is 122 Å². The van der Waals surface area contributed by atoms with Gasteiger partial charge in [-0.3, -0.25) is 97.1 Å². The van der Waals surface area contributed by atoms with Gasteiger partial charge in [0, 0.05) is 69.8 Å². The molecule has 0 saturated carbocycles. The van der Waals surface area contributed by atoms with Gasteiger partial charge in [-0.25, -0.2) is 4.79 Å². The van der Waals surface area contributed by atoms with Crippen molar-refractivity contribution in [3.05, 3.63) is 65.7 Å². The zero-order chi connectivity index (χ0) is 101. The van der Waals surface area contributed by atoms with Crippen LogP contribution in [0.3, 0.4) is 0 Å². The number of carboxylic acids is 4. The minimum atomic E-state index is -2.01. The fraction of sp³-hybridized carbons (Fsp3) is 0.607. The maximum Gasteiger partial charge on any atom is 0.326 e. The number of benzene rings is 2. The van der Waals surface area contributed by atoms with Crippen LogP contribution in [-0.2, 0) is 104 Å². The number of nitrogens with zero attached hydrogens (tertiary/aromatic N) is 2. The molecule has 0 radical (unpaired) electrons. The fourth-order valence-electron chi connectivity index (χ4n) is 14.4. The molecule has 2 aromatic carbocycles. The molecule has 2 saturated heterocycles. The number of amides is 15. The number of carbonyl (C=O) groups is 19. The summed E-state index contributed by atoms with van der Waals surface area (Å²) in [5.41, 5.74) is 29.3. The van der Waals surface area contributed by atoms with E-state index in [1.807, 2.05) is 6.92 Å². The van der Waals surface area contributed by atoms with Crippen LogP contribution in [0.4, 0.5) is 0 Å². The number of nitrogens with two attached hydrogens (primary N) is 5. The van der Waals surface area contributed by atoms with Crippen molar-refractivity contribution >= 4 is 150 Å². The van der Waals surface area contributed by atoms with Crippen molar-refractivity contribution in [2.45, 2.75) is 252 Å². The van der Waals surface area contributed by atoms with Crippen LogP contribution in [0.5, 0.6) is 5.75 Å². The van der Waals surface area contributed by atoms with Gasteiger partial charge in [0.05, 0.1) is 19.2 Å². The molecule has 4 rings (SSSR count). The molecule has 16 atom stereocenters. The zero-order valence-corrected chi connectivity index (χ0v) is 77.2. The summed E-state index contributed by atoms with van der Waals surface area (Å²) in [4.78, 5) is 264. The molecule has 750 valence electrons. The molecule has 2 aromatic rings. The van der Waals surface area contributed by atoms with E-state index in [0.717, 1.165) is 4.90 Å². The summed E-state index contributed by atoms with van der Waals surface area (Å²) in [6.07, 6.45) is -3.14. The molecule has 2 aliphatic heterocycles. The molecule has 0 aromatic heterocycles. The van der Waals surface area contributed by atoms with E-state index in [4.69, 9.17) is 39.5 Å². The highest BCUT2D eigenvalue weighted by Crippen LogP contribution is 2.24. The van der Waals surface area contributed by atoms with Gasteiger partial charge in [0.15, 0.2) is 11.9 Å². The highest BCUT2D eigenvalue weighted by Gasteiger charge is 2.43. The van der Waals surface area contributed by atoms with Crippen LogP contribution in [0, 0.1) is 16.7 Å². The molecule has 0 aliphatic carbocycles. The molecule has 0 bridgehead atoms. The number of thiol groups is 2. The molecule has 2 heterocycles. The van der Waals surface area contributed by atoms with Crippen LogP contribution < -0.4 is 108 Å². The Morgan fingerprint density at radius 1 is 0.422 bits per heavy atom. The first-order chi connectivity index (χ1) is 64.1. The third kappa shape index (κ3) is 40.9. The van der Waals surface area contributed by atoms with Crippen molar-refractivity contribution in [3.63, 3.8) is 0 Å². The molecule has 135 heavy (non-hydrogen) atoms. The van der Waals surface area contributed by atoms with Gasteiger partial charge in [-0.15, -0.1) is 0 Å². The lowest BCUT2D eigenvalue weighted by Crippen LogP contribution is -2.61. The molecule has 0 unspecified atom stereocenters. The van der Waals surface area contributed by atoms with E-state index in [-0.39, 0.29) is 121 Å². The van der Waals surface area contributed by atoms with Crippen molar-refractivity contribution in [2.24, 2.45) is 34.6 Å². The predicted molar refractivity (Wildman–Crippen MR) is 492 cm³/mol. The van der Waals surface area contributed by atoms with E-state index >= 15 is 9.59 Å². The normalized spacial score (nSPS) is 16.4. The Morgan fingerprint density at radius 2 is 0.756 bits per heavy atom. The average molecular weight is 1940 g/mol. The molecule has 33 N–H and O–H groups in total. The highest BCUT2D eigenvalue weighted by atomic mass is 32.1. The van der Waals surface area contributed by atoms with Gasteiger partial charge in [0.2, 0.25) is 88.6 Å². The van der Waals surface area contributed by atoms with Crippen LogP contribution in [0.1, 0.15) is 160 Å². The summed E-state index contributed by atoms with van der Waals surface area (Å²) in [5.74, 6) is -23.4. The van der Waals surface area contributed by atoms with Crippen molar-refractivity contribution in [2.75, 3.05) is 63.9 Å². The molecule has 0 spiro atoms. The SMILES string of the molecule is CC[C@H](C)[C@H](N)C(=O)N1CCC[C@H]1C(=O)NCC(=O)N[C@@H](CCCCN)C(=O)N[C@@H](CCCNC(=N)N)C(=O)N[C@@H](CO)C(=O)N[C@@H](CCC(=O)O)C(=O)N[C@@H](CCCNC(=N)N)C(=O)N[C@@H](Cc1ccccc1)C(=O)N[C@@H](Cc1ccc(O)cc1)C(=O)N[C@@H](CCC(=O)O)C(=O)N[C@@H](CS)C(=O)N[C@@H](CS)C(=O)N[C@@H](CCCCN)C(=O)N[C@@H](CCC(=O)O)C(=O)N1CCC[C@H]1C(=O)O. The number of guanidine groups is 2. The second kappa shape index (κ2) is 60.5. The van der Waals surface area contributed by atoms with Crippen LogP contribution >= 0.6 is 25.3 Å². The molecule has 2 aliphatic rings. The minimum absolute atomic E-state index is 0.00805. The number of aromatic hydroxyl groups is 1. The number of nitrogens with one attached hydrogen (secondary N) is 17. The second-order valence-corrected chi connectivity index (χ2v) is 33.3. The quantitative estimate of drug-likeness (QED) is 0.0127. The summed E-state index contributed by atoms with van der Waals surface area (Å²) < 4.78 is 0. The van der Waals surface area contributed by atoms with Crippen molar-refractivity contribution in [1.82, 2.24) is 89.6 Å². The number of hydrogen-bond donors (Lipinski definition) is 30. The number of rotatable bonds is 63. The maximum absolute atomic E-state index is 15.2. The van der Waals surface area contributed by atoms with Gasteiger partial charge in [0.25, 0.3) is 0 Å². The van der Waals surface area contributed by atoms with E-state index in [1.54, 1.807) is 37.3 Å². The monoisotopic (exact) mass is 1940 g/mol. The maximum atomic E-state index is 15.2. The van der Waals surface area contributed by atoms with Gasteiger partial charge in [0.1, 0.15) is 90.3 Å². The lowest BCUT2D eigenvalue weighted by Gasteiger charge is -2.29. The first kappa shape index (κ1) is 115. The molecular formula is C84H132N24O25S2. The lowest BCUT2D eigenvalue weighted by molar-refractivity contribution is -0.150. The summed E-state index contributed by atoms with van der Waals surface area (Å²) in [5, 5.41) is 113. The Kier molecular flexibility index (Phi) is 51.3. The van der Waals surface area contributed by atoms with E-state index in [2.05, 4.69) is 105 Å². The van der Waals surface area contributed by atoms with Gasteiger partial charge in [-0.2, -0.15) is 25.3 Å². The lowest BCUT2D eigenvalue weighted by atomic mass is 9.98. The van der Waals surface area contributed by atoms with Gasteiger partial charge >= 0.3 is 23.9 Å². The number of carboxylic acid groups (broad SMARTS) is 4. The highest BCUT2D eigenvalue weighted by molar-refractivity contribution is 7.80. The number of phenols is 1. The van der Waals surface area contributed by atoms with E-state index < -0.39 is 291 Å². The predicted octanol–water partition coefficient (Wildman–Crippen LogP) is -7.22. The number of aliphatic hydroxyl groups is 1. The van der Waals surface area contributed by atoms with Crippen molar-refractivity contribution in [3.8, 4) is 5.75 Å². The average Bonchev–Trinajstić information content (AvgIpc) is 1.70. The first-order valence-electron chi connectivity index (χ1n) is 44.5. The molecule has 51 heteroatoms. The number of likely N-dealkylation sites (tertiary alicyclic amines) is 2. The fourth-order valence-corrected chi connectivity index (χ4v) is 15.0. The number of aliphatic carboxylic acids is 4. The summed E-state index contributed by atoms with van der Waals surface area (Å²) in [7, 11) is 0. The Hall–Kier alpha value is -12.7. The van der Waals surface area contributed by atoms with Crippen LogP contribution in [0.15, 0.2) is 54.6 Å². The van der Waals surface area contributed by atoms with Crippen LogP contribution in [0.2, 0.25) is 0 Å². The Morgan fingerprint density at radius 3 is 1.14 bits per heavy atom. The van der Waals surface area contributed by atoms with Crippen LogP contribution in [0.25, 0.3) is 0 Å². The van der Waals surface area contributed by atoms with Gasteiger partial charge in [-0.05, 0) is 151 Å². The zero-order valence-electron chi connectivity index (χ0n) is 75.4. The molecular weight excluding hydrogens is 1810 g/mol. The minimum Gasteiger partial charge on any atom is -0.508 e. The third-order valence-corrected chi connectivity index (χ3v) is 23.0. The Bertz CT molecular complexity index is 4380. The van der Waals surface area contributed by atoms with E-state index in [9.17, 15) is 112 Å². The smallest absolute Gasteiger partial charge is 0.326 e. The third-order valence-electron chi connectivity index (χ3n) is 22.2. The van der Waals surface area contributed by atoms with Crippen LogP contribution in [-0.4, -0.2) is 319 Å². The summed E-state index contributed by atoms with van der Waals surface area (Å²) in [6, 6.07) is -10.6. The molecule has 2 fully saturated rings. The Labute approximate surface area is 790 Å². The number of carbonyl (C=O) groups excluding carboxylic acids is 15. The number of phenolic OH excluding ortho intramolecular Hbond substituents is 1. The topological polar surface area (TPSA) is 810 Å². The van der Waals surface area contributed by atoms with Gasteiger partial charge < -0.3 is 149 Å². The first-order valence-corrected chi connectivity index (χ1v) is 45.7. The number of unbranched alkanes of at least 4 members (excludes halogenated alkanes) is 2. The van der Waals surface area contributed by atoms with Crippen molar-refractivity contribution in [1.29, 1.82) is 10.8 Å².